The number of anilines is 2. The Kier molecular flexibility index (Phi) is 4.53. The molecule has 1 N–H and O–H groups in total. The number of aromatic nitrogens is 6. The quantitative estimate of drug-likeness (QED) is 0.553. The predicted molar refractivity (Wildman–Crippen MR) is 107 cm³/mol. The van der Waals surface area contributed by atoms with Gasteiger partial charge >= 0.3 is 0 Å². The van der Waals surface area contributed by atoms with Crippen LogP contribution < -0.4 is 5.32 Å². The van der Waals surface area contributed by atoms with Crippen molar-refractivity contribution in [2.24, 2.45) is 0 Å². The molecule has 7 nitrogen and oxygen atoms in total. The van der Waals surface area contributed by atoms with Gasteiger partial charge in [-0.15, -0.1) is 0 Å². The van der Waals surface area contributed by atoms with Crippen molar-refractivity contribution in [2.45, 2.75) is 33.7 Å². The zero-order valence-electron chi connectivity index (χ0n) is 15.4. The molecule has 0 aliphatic rings. The van der Waals surface area contributed by atoms with E-state index >= 15 is 0 Å². The average Bonchev–Trinajstić information content (AvgIpc) is 3.19. The third kappa shape index (κ3) is 3.38. The Balaban J connectivity index is 1.87. The lowest BCUT2D eigenvalue weighted by atomic mass is 10.3. The number of nitrogens with zero attached hydrogens (tertiary/aromatic N) is 6. The summed E-state index contributed by atoms with van der Waals surface area (Å²) >= 11 is 5.98. The van der Waals surface area contributed by atoms with E-state index in [0.29, 0.717) is 16.8 Å². The van der Waals surface area contributed by atoms with Crippen molar-refractivity contribution < 1.29 is 0 Å². The van der Waals surface area contributed by atoms with Crippen molar-refractivity contribution in [1.82, 2.24) is 29.3 Å². The lowest BCUT2D eigenvalue weighted by molar-refractivity contribution is 0.691. The highest BCUT2D eigenvalue weighted by molar-refractivity contribution is 6.30. The highest BCUT2D eigenvalue weighted by atomic mass is 35.5. The second-order valence-electron chi connectivity index (χ2n) is 6.45. The van der Waals surface area contributed by atoms with E-state index in [1.807, 2.05) is 59.8 Å². The van der Waals surface area contributed by atoms with Crippen LogP contribution in [-0.2, 0) is 6.54 Å². The molecule has 0 saturated carbocycles. The van der Waals surface area contributed by atoms with Crippen LogP contribution in [-0.4, -0.2) is 29.3 Å². The van der Waals surface area contributed by atoms with Gasteiger partial charge in [0.15, 0.2) is 17.0 Å². The molecule has 138 valence electrons. The van der Waals surface area contributed by atoms with Gasteiger partial charge in [-0.1, -0.05) is 18.5 Å². The first-order chi connectivity index (χ1) is 13.0. The van der Waals surface area contributed by atoms with Gasteiger partial charge in [-0.05, 0) is 50.6 Å². The van der Waals surface area contributed by atoms with Gasteiger partial charge in [0.05, 0.1) is 12.0 Å². The van der Waals surface area contributed by atoms with Crippen molar-refractivity contribution in [3.05, 3.63) is 53.1 Å². The Morgan fingerprint density at radius 2 is 1.89 bits per heavy atom. The third-order valence-electron chi connectivity index (χ3n) is 4.22. The maximum Gasteiger partial charge on any atom is 0.231 e. The molecule has 0 aliphatic heterocycles. The summed E-state index contributed by atoms with van der Waals surface area (Å²) in [6, 6.07) is 9.45. The molecule has 0 spiro atoms. The summed E-state index contributed by atoms with van der Waals surface area (Å²) in [5, 5.41) is 8.51. The first-order valence-electron chi connectivity index (χ1n) is 8.84. The van der Waals surface area contributed by atoms with Crippen LogP contribution in [0.15, 0.2) is 36.7 Å². The molecular weight excluding hydrogens is 362 g/mol. The summed E-state index contributed by atoms with van der Waals surface area (Å²) in [5.41, 5.74) is 4.30. The van der Waals surface area contributed by atoms with E-state index in [1.54, 1.807) is 0 Å². The molecule has 0 unspecified atom stereocenters. The zero-order valence-corrected chi connectivity index (χ0v) is 16.2. The third-order valence-corrected chi connectivity index (χ3v) is 4.47. The number of fused-ring (bicyclic) bond motifs is 1. The van der Waals surface area contributed by atoms with Gasteiger partial charge in [0.1, 0.15) is 0 Å². The number of hydrogen-bond donors (Lipinski definition) is 1. The molecule has 4 rings (SSSR count). The highest BCUT2D eigenvalue weighted by Crippen LogP contribution is 2.24. The van der Waals surface area contributed by atoms with Crippen LogP contribution in [0.3, 0.4) is 0 Å². The largest absolute Gasteiger partial charge is 0.324 e. The number of nitrogens with one attached hydrogen (secondary N) is 1. The number of halogens is 1. The van der Waals surface area contributed by atoms with E-state index < -0.39 is 0 Å². The molecule has 3 aromatic heterocycles. The van der Waals surface area contributed by atoms with Crippen molar-refractivity contribution in [3.8, 4) is 5.82 Å². The number of imidazole rings is 1. The van der Waals surface area contributed by atoms with Gasteiger partial charge in [0.2, 0.25) is 5.95 Å². The normalized spacial score (nSPS) is 11.3. The minimum atomic E-state index is 0.491. The van der Waals surface area contributed by atoms with Crippen LogP contribution in [0.2, 0.25) is 5.02 Å². The van der Waals surface area contributed by atoms with Crippen LogP contribution in [0.5, 0.6) is 0 Å². The second-order valence-corrected chi connectivity index (χ2v) is 6.89. The highest BCUT2D eigenvalue weighted by Gasteiger charge is 2.17. The molecule has 0 radical (unpaired) electrons. The lowest BCUT2D eigenvalue weighted by Gasteiger charge is -2.10. The summed E-state index contributed by atoms with van der Waals surface area (Å²) < 4.78 is 3.86. The van der Waals surface area contributed by atoms with E-state index in [4.69, 9.17) is 21.6 Å². The minimum absolute atomic E-state index is 0.491. The topological polar surface area (TPSA) is 73.5 Å². The Morgan fingerprint density at radius 3 is 2.56 bits per heavy atom. The molecular formula is C19H20ClN7. The Hall–Kier alpha value is -2.93. The molecule has 0 amide bonds. The number of aryl methyl sites for hydroxylation is 3. The van der Waals surface area contributed by atoms with Crippen LogP contribution in [0.1, 0.15) is 24.7 Å². The van der Waals surface area contributed by atoms with Crippen LogP contribution >= 0.6 is 11.6 Å². The number of hydrogen-bond acceptors (Lipinski definition) is 5. The smallest absolute Gasteiger partial charge is 0.231 e. The molecule has 0 bridgehead atoms. The molecule has 0 atom stereocenters. The van der Waals surface area contributed by atoms with Crippen LogP contribution in [0.4, 0.5) is 11.6 Å². The fraction of sp³-hybridized carbons (Fsp3) is 0.263. The van der Waals surface area contributed by atoms with Crippen LogP contribution in [0.25, 0.3) is 17.0 Å². The van der Waals surface area contributed by atoms with Gasteiger partial charge in [-0.25, -0.2) is 9.67 Å². The van der Waals surface area contributed by atoms with E-state index in [9.17, 15) is 0 Å². The summed E-state index contributed by atoms with van der Waals surface area (Å²) in [6.45, 7) is 6.93. The Labute approximate surface area is 162 Å². The standard InChI is InChI=1S/C19H20ClN7/c1-4-9-26-11-21-16-17(26)23-19(22-15-7-5-14(20)6-8-15)24-18(16)27-13(3)10-12(2)25-27/h5-8,10-11H,4,9H2,1-3H3,(H,22,23,24). The number of rotatable bonds is 5. The van der Waals surface area contributed by atoms with Crippen molar-refractivity contribution >= 4 is 34.4 Å². The lowest BCUT2D eigenvalue weighted by Crippen LogP contribution is -2.08. The number of benzene rings is 1. The summed E-state index contributed by atoms with van der Waals surface area (Å²) in [5.74, 6) is 1.15. The van der Waals surface area contributed by atoms with Crippen molar-refractivity contribution in [3.63, 3.8) is 0 Å². The molecule has 8 heteroatoms. The second kappa shape index (κ2) is 7.00. The van der Waals surface area contributed by atoms with E-state index in [-0.39, 0.29) is 0 Å². The van der Waals surface area contributed by atoms with E-state index in [1.165, 1.54) is 0 Å². The van der Waals surface area contributed by atoms with Gasteiger partial charge in [0.25, 0.3) is 0 Å². The van der Waals surface area contributed by atoms with Gasteiger partial charge in [0, 0.05) is 22.9 Å². The van der Waals surface area contributed by atoms with E-state index in [2.05, 4.69) is 22.3 Å². The summed E-state index contributed by atoms with van der Waals surface area (Å²) in [4.78, 5) is 14.0. The molecule has 4 aromatic rings. The first-order valence-corrected chi connectivity index (χ1v) is 9.22. The molecule has 0 aliphatic carbocycles. The summed E-state index contributed by atoms with van der Waals surface area (Å²) in [7, 11) is 0. The molecule has 1 aromatic carbocycles. The predicted octanol–water partition coefficient (Wildman–Crippen LogP) is 4.44. The fourth-order valence-corrected chi connectivity index (χ4v) is 3.17. The van der Waals surface area contributed by atoms with Gasteiger partial charge < -0.3 is 9.88 Å². The monoisotopic (exact) mass is 381 g/mol. The van der Waals surface area contributed by atoms with Crippen molar-refractivity contribution in [1.29, 1.82) is 0 Å². The molecule has 3 heterocycles. The molecule has 0 saturated heterocycles. The SMILES string of the molecule is CCCn1cnc2c(-n3nc(C)cc3C)nc(Nc3ccc(Cl)cc3)nc21. The van der Waals surface area contributed by atoms with Crippen molar-refractivity contribution in [2.75, 3.05) is 5.32 Å². The van der Waals surface area contributed by atoms with E-state index in [0.717, 1.165) is 41.2 Å². The zero-order chi connectivity index (χ0) is 19.0. The summed E-state index contributed by atoms with van der Waals surface area (Å²) in [6.07, 6.45) is 2.80. The molecule has 0 fully saturated rings. The fourth-order valence-electron chi connectivity index (χ4n) is 3.04. The first kappa shape index (κ1) is 17.5. The Morgan fingerprint density at radius 1 is 1.11 bits per heavy atom. The Bertz CT molecular complexity index is 1100. The van der Waals surface area contributed by atoms with Gasteiger partial charge in [-0.3, -0.25) is 0 Å². The minimum Gasteiger partial charge on any atom is -0.324 e. The maximum atomic E-state index is 5.98. The van der Waals surface area contributed by atoms with Crippen LogP contribution in [0, 0.1) is 13.8 Å². The molecule has 27 heavy (non-hydrogen) atoms. The van der Waals surface area contributed by atoms with Gasteiger partial charge in [-0.2, -0.15) is 15.1 Å². The maximum absolute atomic E-state index is 5.98. The average molecular weight is 382 g/mol.